The van der Waals surface area contributed by atoms with E-state index in [-0.39, 0.29) is 35.7 Å². The first-order chi connectivity index (χ1) is 25.6. The number of amides is 1. The van der Waals surface area contributed by atoms with Crippen LogP contribution in [0.4, 0.5) is 4.79 Å². The Labute approximate surface area is 322 Å². The van der Waals surface area contributed by atoms with Crippen molar-refractivity contribution in [3.05, 3.63) is 82.9 Å². The average molecular weight is 766 g/mol. The van der Waals surface area contributed by atoms with Crippen molar-refractivity contribution in [3.8, 4) is 0 Å². The standard InChI is InChI=1S/C42H55NO12/c1-23-28(53-37(49)33(46)31(25-15-11-9-12-16-25)43-38(50)55-39(3,4)5)22-42(51)35(54-36(48)26-17-13-10-14-18-26)24(2)41(8,29(44)21-27-19-20-52-27)34(47)32(45)30(23)40(42,6)7/h9-18,24,27-29,31-33,35,44-46,51H,19-22H2,1-8H3,(H,43,50)/t24?,27?,28-,29-,31-,32+,33?,35-,41?,42?/m0/s1. The minimum Gasteiger partial charge on any atom is -0.456 e. The molecule has 3 aliphatic rings. The molecule has 5 N–H and O–H groups in total. The van der Waals surface area contributed by atoms with Crippen molar-refractivity contribution in [1.82, 2.24) is 5.32 Å². The second kappa shape index (κ2) is 15.8. The van der Waals surface area contributed by atoms with E-state index in [1.165, 1.54) is 6.92 Å². The zero-order chi connectivity index (χ0) is 40.7. The molecule has 0 aromatic heterocycles. The molecule has 0 spiro atoms. The van der Waals surface area contributed by atoms with Gasteiger partial charge in [0, 0.05) is 30.8 Å². The number of nitrogens with one attached hydrogen (secondary N) is 1. The fraction of sp³-hybridized carbons (Fsp3) is 0.571. The summed E-state index contributed by atoms with van der Waals surface area (Å²) < 4.78 is 23.1. The summed E-state index contributed by atoms with van der Waals surface area (Å²) in [5, 5.41) is 51.0. The van der Waals surface area contributed by atoms with Crippen LogP contribution >= 0.6 is 0 Å². The molecule has 2 bridgehead atoms. The van der Waals surface area contributed by atoms with Gasteiger partial charge in [0.15, 0.2) is 11.9 Å². The second-order valence-corrected chi connectivity index (χ2v) is 16.8. The Morgan fingerprint density at radius 2 is 1.56 bits per heavy atom. The molecule has 1 saturated carbocycles. The first kappa shape index (κ1) is 42.0. The van der Waals surface area contributed by atoms with Gasteiger partial charge in [-0.15, -0.1) is 0 Å². The number of aliphatic hydroxyl groups is 4. The summed E-state index contributed by atoms with van der Waals surface area (Å²) in [5.74, 6) is -3.86. The van der Waals surface area contributed by atoms with Crippen LogP contribution in [0.2, 0.25) is 0 Å². The van der Waals surface area contributed by atoms with E-state index in [4.69, 9.17) is 18.9 Å². The summed E-state index contributed by atoms with van der Waals surface area (Å²) in [4.78, 5) is 55.3. The Morgan fingerprint density at radius 3 is 2.11 bits per heavy atom. The van der Waals surface area contributed by atoms with Gasteiger partial charge in [-0.25, -0.2) is 14.4 Å². The topological polar surface area (TPSA) is 198 Å². The lowest BCUT2D eigenvalue weighted by atomic mass is 9.50. The Hall–Kier alpha value is -4.14. The fourth-order valence-electron chi connectivity index (χ4n) is 8.30. The van der Waals surface area contributed by atoms with Crippen molar-refractivity contribution >= 4 is 23.8 Å². The van der Waals surface area contributed by atoms with Crippen LogP contribution in [0.25, 0.3) is 0 Å². The monoisotopic (exact) mass is 765 g/mol. The van der Waals surface area contributed by atoms with Crippen molar-refractivity contribution in [2.75, 3.05) is 6.61 Å². The smallest absolute Gasteiger partial charge is 0.408 e. The van der Waals surface area contributed by atoms with Crippen molar-refractivity contribution in [2.24, 2.45) is 16.7 Å². The number of ketones is 1. The maximum absolute atomic E-state index is 14.7. The molecule has 1 saturated heterocycles. The summed E-state index contributed by atoms with van der Waals surface area (Å²) in [7, 11) is 0. The molecule has 2 aliphatic carbocycles. The van der Waals surface area contributed by atoms with E-state index < -0.39 is 88.3 Å². The van der Waals surface area contributed by atoms with Crippen LogP contribution in [-0.2, 0) is 28.5 Å². The first-order valence-corrected chi connectivity index (χ1v) is 18.8. The van der Waals surface area contributed by atoms with Gasteiger partial charge in [0.05, 0.1) is 29.2 Å². The molecule has 5 unspecified atom stereocenters. The highest BCUT2D eigenvalue weighted by molar-refractivity contribution is 5.93. The van der Waals surface area contributed by atoms with Crippen LogP contribution < -0.4 is 5.32 Å². The second-order valence-electron chi connectivity index (χ2n) is 16.8. The van der Waals surface area contributed by atoms with Crippen LogP contribution in [0.15, 0.2) is 71.8 Å². The van der Waals surface area contributed by atoms with Gasteiger partial charge >= 0.3 is 18.0 Å². The molecule has 1 amide bonds. The highest BCUT2D eigenvalue weighted by Crippen LogP contribution is 2.58. The quantitative estimate of drug-likeness (QED) is 0.130. The lowest BCUT2D eigenvalue weighted by molar-refractivity contribution is -0.216. The van der Waals surface area contributed by atoms with E-state index in [1.54, 1.807) is 109 Å². The Kier molecular flexibility index (Phi) is 12.1. The highest BCUT2D eigenvalue weighted by atomic mass is 16.6. The van der Waals surface area contributed by atoms with Crippen molar-refractivity contribution < 1.29 is 58.6 Å². The minimum absolute atomic E-state index is 0.0241. The van der Waals surface area contributed by atoms with E-state index in [9.17, 15) is 39.6 Å². The SMILES string of the molecule is CC1=C2[C@@H](O)C(=O)C(C)([C@@H](O)CC3CCO3)C(C)[C@H](OC(=O)c3ccccc3)C(O)(C[C@@H]1OC(=O)C(O)[C@@H](NC(=O)OC(C)(C)C)c1ccccc1)C2(C)C. The molecule has 10 atom stereocenters. The van der Waals surface area contributed by atoms with Gasteiger partial charge in [-0.05, 0) is 69.9 Å². The molecule has 2 aromatic carbocycles. The number of hydrogen-bond acceptors (Lipinski definition) is 12. The van der Waals surface area contributed by atoms with Crippen LogP contribution in [0.5, 0.6) is 0 Å². The summed E-state index contributed by atoms with van der Waals surface area (Å²) in [6, 6.07) is 15.0. The molecule has 2 aromatic rings. The van der Waals surface area contributed by atoms with E-state index >= 15 is 0 Å². The van der Waals surface area contributed by atoms with Gasteiger partial charge in [-0.3, -0.25) is 4.79 Å². The molecular formula is C42H55NO12. The predicted molar refractivity (Wildman–Crippen MR) is 199 cm³/mol. The zero-order valence-corrected chi connectivity index (χ0v) is 32.8. The number of carbonyl (C=O) groups is 4. The number of alkyl carbamates (subject to hydrolysis) is 1. The highest BCUT2D eigenvalue weighted by Gasteiger charge is 2.67. The largest absolute Gasteiger partial charge is 0.456 e. The summed E-state index contributed by atoms with van der Waals surface area (Å²) in [5.41, 5.74) is -5.45. The van der Waals surface area contributed by atoms with Gasteiger partial charge in [0.1, 0.15) is 29.5 Å². The molecular weight excluding hydrogens is 710 g/mol. The van der Waals surface area contributed by atoms with Crippen molar-refractivity contribution in [2.45, 2.75) is 129 Å². The molecule has 13 nitrogen and oxygen atoms in total. The normalized spacial score (nSPS) is 30.8. The van der Waals surface area contributed by atoms with E-state index in [0.29, 0.717) is 18.6 Å². The summed E-state index contributed by atoms with van der Waals surface area (Å²) in [6.45, 7) is 13.4. The van der Waals surface area contributed by atoms with Crippen LogP contribution in [0.1, 0.15) is 96.6 Å². The number of hydrogen-bond donors (Lipinski definition) is 5. The number of benzene rings is 2. The van der Waals surface area contributed by atoms with Gasteiger partial charge in [0.25, 0.3) is 0 Å². The molecule has 55 heavy (non-hydrogen) atoms. The predicted octanol–water partition coefficient (Wildman–Crippen LogP) is 4.35. The third kappa shape index (κ3) is 8.08. The maximum atomic E-state index is 14.7. The number of ether oxygens (including phenoxy) is 4. The van der Waals surface area contributed by atoms with Crippen molar-refractivity contribution in [1.29, 1.82) is 0 Å². The van der Waals surface area contributed by atoms with E-state index in [2.05, 4.69) is 5.32 Å². The maximum Gasteiger partial charge on any atom is 0.408 e. The fourth-order valence-corrected chi connectivity index (χ4v) is 8.30. The zero-order valence-electron chi connectivity index (χ0n) is 32.8. The lowest BCUT2D eigenvalue weighted by Crippen LogP contribution is -2.69. The first-order valence-electron chi connectivity index (χ1n) is 18.8. The van der Waals surface area contributed by atoms with Gasteiger partial charge in [-0.1, -0.05) is 69.3 Å². The van der Waals surface area contributed by atoms with E-state index in [0.717, 1.165) is 0 Å². The van der Waals surface area contributed by atoms with E-state index in [1.807, 2.05) is 0 Å². The molecule has 5 rings (SSSR count). The molecule has 13 heteroatoms. The van der Waals surface area contributed by atoms with Crippen LogP contribution in [0.3, 0.4) is 0 Å². The number of fused-ring (bicyclic) bond motifs is 2. The lowest BCUT2D eigenvalue weighted by Gasteiger charge is -2.59. The summed E-state index contributed by atoms with van der Waals surface area (Å²) in [6.07, 6.45) is -8.95. The third-order valence-corrected chi connectivity index (χ3v) is 11.9. The number of Topliss-reactive ketones (excluding diaryl/α,β-unsaturated/α-hetero) is 1. The number of carbonyl (C=O) groups excluding carboxylic acids is 4. The number of rotatable bonds is 10. The number of esters is 2. The third-order valence-electron chi connectivity index (χ3n) is 11.9. The Bertz CT molecular complexity index is 1770. The van der Waals surface area contributed by atoms with Crippen molar-refractivity contribution in [3.63, 3.8) is 0 Å². The summed E-state index contributed by atoms with van der Waals surface area (Å²) >= 11 is 0. The van der Waals surface area contributed by atoms with Crippen LogP contribution in [-0.4, -0.2) is 98.7 Å². The van der Waals surface area contributed by atoms with Crippen LogP contribution in [0, 0.1) is 16.7 Å². The number of aliphatic hydroxyl groups excluding tert-OH is 3. The molecule has 0 radical (unpaired) electrons. The Balaban J connectivity index is 1.57. The molecule has 300 valence electrons. The van der Waals surface area contributed by atoms with Gasteiger partial charge < -0.3 is 44.7 Å². The minimum atomic E-state index is -2.13. The Morgan fingerprint density at radius 1 is 0.982 bits per heavy atom. The molecule has 1 heterocycles. The molecule has 2 fully saturated rings. The van der Waals surface area contributed by atoms with Gasteiger partial charge in [-0.2, -0.15) is 0 Å². The average Bonchev–Trinajstić information content (AvgIpc) is 3.11. The molecule has 1 aliphatic heterocycles. The van der Waals surface area contributed by atoms with Gasteiger partial charge in [0.2, 0.25) is 0 Å².